The van der Waals surface area contributed by atoms with E-state index in [0.29, 0.717) is 39.6 Å². The molecule has 1 aliphatic heterocycles. The third-order valence-corrected chi connectivity index (χ3v) is 6.44. The average Bonchev–Trinajstić information content (AvgIpc) is 2.90. The molecule has 0 radical (unpaired) electrons. The van der Waals surface area contributed by atoms with Crippen LogP contribution in [0.5, 0.6) is 5.75 Å². The summed E-state index contributed by atoms with van der Waals surface area (Å²) in [5.74, 6) is 0.810. The van der Waals surface area contributed by atoms with Crippen molar-refractivity contribution in [1.29, 1.82) is 0 Å². The molecule has 0 unspecified atom stereocenters. The van der Waals surface area contributed by atoms with Crippen LogP contribution in [0, 0.1) is 0 Å². The van der Waals surface area contributed by atoms with Crippen LogP contribution in [0.2, 0.25) is 0 Å². The fourth-order valence-corrected chi connectivity index (χ4v) is 4.35. The molecule has 0 bridgehead atoms. The van der Waals surface area contributed by atoms with Crippen molar-refractivity contribution in [3.8, 4) is 17.0 Å². The maximum atomic E-state index is 5.83. The molecule has 0 spiro atoms. The van der Waals surface area contributed by atoms with Crippen LogP contribution in [-0.4, -0.2) is 70.9 Å². The van der Waals surface area contributed by atoms with E-state index >= 15 is 0 Å². The van der Waals surface area contributed by atoms with Gasteiger partial charge in [-0.3, -0.25) is 0 Å². The monoisotopic (exact) mass is 596 g/mol. The molecule has 182 valence electrons. The first kappa shape index (κ1) is 25.5. The standard InChI is InChI=1S/C25H29IN2O5S/c26-34-33-18-16-31-14-13-30-15-17-32-23-6-8-25-21(19-23)3-7-24(27-25)20-1-4-22(5-2-20)28-9-11-29-12-10-28/h1-8,19H,9-18H2. The minimum Gasteiger partial charge on any atom is -0.491 e. The van der Waals surface area contributed by atoms with Gasteiger partial charge in [-0.1, -0.05) is 18.2 Å². The number of benzene rings is 2. The van der Waals surface area contributed by atoms with Gasteiger partial charge in [-0.2, -0.15) is 0 Å². The number of nitrogens with zero attached hydrogens (tertiary/aromatic N) is 2. The van der Waals surface area contributed by atoms with Crippen LogP contribution < -0.4 is 9.64 Å². The van der Waals surface area contributed by atoms with E-state index in [1.807, 2.05) is 18.2 Å². The number of hydrogen-bond acceptors (Lipinski definition) is 8. The Morgan fingerprint density at radius 1 is 0.853 bits per heavy atom. The summed E-state index contributed by atoms with van der Waals surface area (Å²) in [6.07, 6.45) is 0. The van der Waals surface area contributed by atoms with Gasteiger partial charge < -0.3 is 28.0 Å². The van der Waals surface area contributed by atoms with E-state index in [2.05, 4.69) is 62.5 Å². The molecule has 0 N–H and O–H groups in total. The zero-order chi connectivity index (χ0) is 23.4. The number of anilines is 1. The van der Waals surface area contributed by atoms with Crippen LogP contribution in [-0.2, 0) is 18.4 Å². The SMILES string of the molecule is ISOCCOCCOCCOc1ccc2nc(-c3ccc(N4CCOCC4)cc3)ccc2c1. The summed E-state index contributed by atoms with van der Waals surface area (Å²) in [4.78, 5) is 7.20. The molecule has 1 saturated heterocycles. The normalized spacial score (nSPS) is 14.0. The Morgan fingerprint density at radius 3 is 2.35 bits per heavy atom. The van der Waals surface area contributed by atoms with Crippen LogP contribution in [0.1, 0.15) is 0 Å². The molecule has 34 heavy (non-hydrogen) atoms. The highest BCUT2D eigenvalue weighted by atomic mass is 127. The van der Waals surface area contributed by atoms with E-state index < -0.39 is 0 Å². The van der Waals surface area contributed by atoms with Crippen LogP contribution >= 0.6 is 30.4 Å². The van der Waals surface area contributed by atoms with Crippen molar-refractivity contribution in [2.24, 2.45) is 0 Å². The number of rotatable bonds is 13. The number of halogens is 1. The summed E-state index contributed by atoms with van der Waals surface area (Å²) in [7, 11) is 1.31. The number of morpholine rings is 1. The van der Waals surface area contributed by atoms with Crippen molar-refractivity contribution in [3.63, 3.8) is 0 Å². The van der Waals surface area contributed by atoms with Crippen LogP contribution in [0.3, 0.4) is 0 Å². The third-order valence-electron chi connectivity index (χ3n) is 5.42. The van der Waals surface area contributed by atoms with Gasteiger partial charge in [0.2, 0.25) is 0 Å². The molecule has 2 heterocycles. The van der Waals surface area contributed by atoms with Crippen molar-refractivity contribution >= 4 is 47.0 Å². The van der Waals surface area contributed by atoms with Crippen LogP contribution in [0.15, 0.2) is 54.6 Å². The smallest absolute Gasteiger partial charge is 0.120 e. The molecular weight excluding hydrogens is 567 g/mol. The highest BCUT2D eigenvalue weighted by molar-refractivity contribution is 14.2. The molecule has 1 aliphatic rings. The Hall–Kier alpha value is -1.63. The van der Waals surface area contributed by atoms with Gasteiger partial charge in [0.25, 0.3) is 0 Å². The van der Waals surface area contributed by atoms with Gasteiger partial charge in [0.05, 0.1) is 66.7 Å². The fourth-order valence-electron chi connectivity index (χ4n) is 3.68. The number of pyridine rings is 1. The van der Waals surface area contributed by atoms with Gasteiger partial charge in [0.1, 0.15) is 12.4 Å². The largest absolute Gasteiger partial charge is 0.491 e. The van der Waals surface area contributed by atoms with E-state index in [4.69, 9.17) is 28.1 Å². The van der Waals surface area contributed by atoms with Gasteiger partial charge in [-0.25, -0.2) is 4.98 Å². The van der Waals surface area contributed by atoms with Crippen molar-refractivity contribution in [1.82, 2.24) is 4.98 Å². The fraction of sp³-hybridized carbons (Fsp3) is 0.400. The summed E-state index contributed by atoms with van der Waals surface area (Å²) in [5, 5.41) is 1.05. The first-order valence-electron chi connectivity index (χ1n) is 11.4. The lowest BCUT2D eigenvalue weighted by Gasteiger charge is -2.28. The number of hydrogen-bond donors (Lipinski definition) is 0. The molecule has 0 amide bonds. The Kier molecular flexibility index (Phi) is 10.5. The van der Waals surface area contributed by atoms with Crippen LogP contribution in [0.25, 0.3) is 22.2 Å². The number of fused-ring (bicyclic) bond motifs is 1. The van der Waals surface area contributed by atoms with Gasteiger partial charge in [0.15, 0.2) is 0 Å². The first-order valence-corrected chi connectivity index (χ1v) is 14.6. The van der Waals surface area contributed by atoms with Crippen molar-refractivity contribution in [2.75, 3.05) is 70.8 Å². The number of aromatic nitrogens is 1. The van der Waals surface area contributed by atoms with E-state index in [1.165, 1.54) is 14.9 Å². The molecule has 3 aromatic rings. The zero-order valence-electron chi connectivity index (χ0n) is 19.0. The van der Waals surface area contributed by atoms with Gasteiger partial charge in [-0.15, -0.1) is 0 Å². The topological polar surface area (TPSA) is 62.3 Å². The van der Waals surface area contributed by atoms with E-state index in [1.54, 1.807) is 0 Å². The van der Waals surface area contributed by atoms with E-state index in [9.17, 15) is 0 Å². The predicted molar refractivity (Wildman–Crippen MR) is 145 cm³/mol. The zero-order valence-corrected chi connectivity index (χ0v) is 22.0. The quantitative estimate of drug-likeness (QED) is 0.152. The molecule has 4 rings (SSSR count). The molecule has 0 aliphatic carbocycles. The van der Waals surface area contributed by atoms with Gasteiger partial charge in [-0.05, 0) is 36.4 Å². The van der Waals surface area contributed by atoms with E-state index in [-0.39, 0.29) is 0 Å². The summed E-state index contributed by atoms with van der Waals surface area (Å²) in [6.45, 7) is 6.69. The second kappa shape index (κ2) is 14.1. The second-order valence-electron chi connectivity index (χ2n) is 7.66. The van der Waals surface area contributed by atoms with E-state index in [0.717, 1.165) is 54.2 Å². The minimum atomic E-state index is 0.487. The molecule has 9 heteroatoms. The van der Waals surface area contributed by atoms with Gasteiger partial charge >= 0.3 is 0 Å². The highest BCUT2D eigenvalue weighted by Crippen LogP contribution is 2.26. The second-order valence-corrected chi connectivity index (χ2v) is 9.10. The summed E-state index contributed by atoms with van der Waals surface area (Å²) in [5.41, 5.74) is 4.24. The van der Waals surface area contributed by atoms with Crippen molar-refractivity contribution in [3.05, 3.63) is 54.6 Å². The average molecular weight is 596 g/mol. The molecule has 2 aromatic carbocycles. The maximum absolute atomic E-state index is 5.83. The molecule has 1 fully saturated rings. The lowest BCUT2D eigenvalue weighted by atomic mass is 10.1. The Morgan fingerprint density at radius 2 is 1.59 bits per heavy atom. The predicted octanol–water partition coefficient (Wildman–Crippen LogP) is 5.17. The Balaban J connectivity index is 1.24. The van der Waals surface area contributed by atoms with Gasteiger partial charge in [0, 0.05) is 50.9 Å². The molecule has 0 atom stereocenters. The molecule has 0 saturated carbocycles. The lowest BCUT2D eigenvalue weighted by Crippen LogP contribution is -2.36. The highest BCUT2D eigenvalue weighted by Gasteiger charge is 2.11. The summed E-state index contributed by atoms with van der Waals surface area (Å²) < 4.78 is 27.3. The third kappa shape index (κ3) is 7.69. The Labute approximate surface area is 216 Å². The molecule has 7 nitrogen and oxygen atoms in total. The summed E-state index contributed by atoms with van der Waals surface area (Å²) in [6, 6.07) is 18.7. The number of ether oxygens (including phenoxy) is 4. The van der Waals surface area contributed by atoms with Crippen molar-refractivity contribution in [2.45, 2.75) is 0 Å². The first-order chi connectivity index (χ1) is 16.8. The van der Waals surface area contributed by atoms with Crippen molar-refractivity contribution < 1.29 is 23.1 Å². The maximum Gasteiger partial charge on any atom is 0.120 e. The lowest BCUT2D eigenvalue weighted by molar-refractivity contribution is 0.0293. The summed E-state index contributed by atoms with van der Waals surface area (Å²) >= 11 is 2.08. The van der Waals surface area contributed by atoms with Crippen LogP contribution in [0.4, 0.5) is 5.69 Å². The minimum absolute atomic E-state index is 0.487. The molecule has 1 aromatic heterocycles. The Bertz CT molecular complexity index is 1020. The molecular formula is C25H29IN2O5S.